The van der Waals surface area contributed by atoms with Gasteiger partial charge in [0.25, 0.3) is 5.91 Å². The number of halogens is 1. The SMILES string of the molecule is COCCN(Cc1c(-c2ccccc2)nn(C)c1Oc1cccc(C)c1)C(=O)c1ccc(F)cc1. The molecule has 1 amide bonds. The van der Waals surface area contributed by atoms with Crippen LogP contribution in [0.1, 0.15) is 21.5 Å². The highest BCUT2D eigenvalue weighted by molar-refractivity contribution is 5.94. The van der Waals surface area contributed by atoms with Gasteiger partial charge in [0, 0.05) is 31.8 Å². The van der Waals surface area contributed by atoms with Crippen LogP contribution in [0.4, 0.5) is 4.39 Å². The number of aryl methyl sites for hydroxylation is 2. The minimum Gasteiger partial charge on any atom is -0.439 e. The van der Waals surface area contributed by atoms with E-state index in [1.165, 1.54) is 24.3 Å². The van der Waals surface area contributed by atoms with E-state index in [4.69, 9.17) is 14.6 Å². The molecule has 0 radical (unpaired) electrons. The lowest BCUT2D eigenvalue weighted by Gasteiger charge is -2.23. The van der Waals surface area contributed by atoms with Crippen molar-refractivity contribution in [2.45, 2.75) is 13.5 Å². The van der Waals surface area contributed by atoms with Gasteiger partial charge in [-0.15, -0.1) is 0 Å². The molecule has 0 aliphatic carbocycles. The fourth-order valence-electron chi connectivity index (χ4n) is 3.86. The van der Waals surface area contributed by atoms with Crippen molar-refractivity contribution in [1.29, 1.82) is 0 Å². The van der Waals surface area contributed by atoms with E-state index >= 15 is 0 Å². The standard InChI is InChI=1S/C28H28FN3O3/c1-20-8-7-11-24(18-20)35-28-25(26(30-31(28)2)21-9-5-4-6-10-21)19-32(16-17-34-3)27(33)22-12-14-23(29)15-13-22/h4-15,18H,16-17,19H2,1-3H3. The Morgan fingerprint density at radius 2 is 1.77 bits per heavy atom. The molecule has 180 valence electrons. The molecule has 35 heavy (non-hydrogen) atoms. The Kier molecular flexibility index (Phi) is 7.57. The third-order valence-corrected chi connectivity index (χ3v) is 5.63. The van der Waals surface area contributed by atoms with Crippen LogP contribution in [-0.4, -0.2) is 40.8 Å². The maximum Gasteiger partial charge on any atom is 0.254 e. The highest BCUT2D eigenvalue weighted by Crippen LogP contribution is 2.34. The van der Waals surface area contributed by atoms with E-state index in [-0.39, 0.29) is 12.5 Å². The molecule has 0 saturated heterocycles. The molecule has 4 aromatic rings. The van der Waals surface area contributed by atoms with Gasteiger partial charge >= 0.3 is 0 Å². The summed E-state index contributed by atoms with van der Waals surface area (Å²) in [6, 6.07) is 23.1. The summed E-state index contributed by atoms with van der Waals surface area (Å²) in [5.74, 6) is 0.606. The topological polar surface area (TPSA) is 56.6 Å². The van der Waals surface area contributed by atoms with Crippen LogP contribution in [0.25, 0.3) is 11.3 Å². The number of nitrogens with zero attached hydrogens (tertiary/aromatic N) is 3. The minimum absolute atomic E-state index is 0.230. The average Bonchev–Trinajstić information content (AvgIpc) is 3.17. The third-order valence-electron chi connectivity index (χ3n) is 5.63. The molecule has 1 aromatic heterocycles. The molecule has 7 heteroatoms. The van der Waals surface area contributed by atoms with Crippen LogP contribution in [0.2, 0.25) is 0 Å². The molecule has 0 N–H and O–H groups in total. The molecule has 0 bridgehead atoms. The first-order valence-corrected chi connectivity index (χ1v) is 11.4. The Labute approximate surface area is 204 Å². The zero-order chi connectivity index (χ0) is 24.8. The molecule has 3 aromatic carbocycles. The number of benzene rings is 3. The molecule has 0 atom stereocenters. The summed E-state index contributed by atoms with van der Waals surface area (Å²) in [5, 5.41) is 4.75. The zero-order valence-electron chi connectivity index (χ0n) is 20.1. The van der Waals surface area contributed by atoms with Gasteiger partial charge < -0.3 is 14.4 Å². The number of rotatable bonds is 9. The normalized spacial score (nSPS) is 10.9. The summed E-state index contributed by atoms with van der Waals surface area (Å²) in [7, 11) is 3.41. The Balaban J connectivity index is 1.76. The lowest BCUT2D eigenvalue weighted by atomic mass is 10.1. The van der Waals surface area contributed by atoms with Gasteiger partial charge in [-0.3, -0.25) is 4.79 Å². The Morgan fingerprint density at radius 3 is 2.46 bits per heavy atom. The summed E-state index contributed by atoms with van der Waals surface area (Å²) >= 11 is 0. The van der Waals surface area contributed by atoms with Gasteiger partial charge in [-0.25, -0.2) is 9.07 Å². The number of amides is 1. The summed E-state index contributed by atoms with van der Waals surface area (Å²) in [4.78, 5) is 15.1. The number of carbonyl (C=O) groups excluding carboxylic acids is 1. The largest absolute Gasteiger partial charge is 0.439 e. The van der Waals surface area contributed by atoms with Crippen LogP contribution in [0.3, 0.4) is 0 Å². The molecule has 0 spiro atoms. The van der Waals surface area contributed by atoms with Crippen LogP contribution in [0.5, 0.6) is 11.6 Å². The summed E-state index contributed by atoms with van der Waals surface area (Å²) in [6.07, 6.45) is 0. The van der Waals surface area contributed by atoms with E-state index in [1.54, 1.807) is 16.7 Å². The van der Waals surface area contributed by atoms with Gasteiger partial charge in [0.1, 0.15) is 17.3 Å². The van der Waals surface area contributed by atoms with Crippen LogP contribution in [0, 0.1) is 12.7 Å². The Bertz CT molecular complexity index is 1290. The predicted octanol–water partition coefficient (Wildman–Crippen LogP) is 5.62. The van der Waals surface area contributed by atoms with Crippen LogP contribution in [0.15, 0.2) is 78.9 Å². The molecule has 1 heterocycles. The van der Waals surface area contributed by atoms with Crippen molar-refractivity contribution in [3.63, 3.8) is 0 Å². The highest BCUT2D eigenvalue weighted by atomic mass is 19.1. The number of ether oxygens (including phenoxy) is 2. The van der Waals surface area contributed by atoms with Gasteiger partial charge in [0.15, 0.2) is 0 Å². The smallest absolute Gasteiger partial charge is 0.254 e. The molecule has 4 rings (SSSR count). The second kappa shape index (κ2) is 11.0. The first-order chi connectivity index (χ1) is 17.0. The molecular weight excluding hydrogens is 445 g/mol. The summed E-state index contributed by atoms with van der Waals surface area (Å²) in [5.41, 5.74) is 3.88. The van der Waals surface area contributed by atoms with Crippen LogP contribution in [-0.2, 0) is 18.3 Å². The van der Waals surface area contributed by atoms with E-state index in [2.05, 4.69) is 0 Å². The Hall–Kier alpha value is -3.97. The summed E-state index contributed by atoms with van der Waals surface area (Å²) < 4.78 is 26.7. The fraction of sp³-hybridized carbons (Fsp3) is 0.214. The fourth-order valence-corrected chi connectivity index (χ4v) is 3.86. The molecular formula is C28H28FN3O3. The van der Waals surface area contributed by atoms with Gasteiger partial charge in [-0.1, -0.05) is 42.5 Å². The van der Waals surface area contributed by atoms with Gasteiger partial charge in [-0.05, 0) is 48.9 Å². The van der Waals surface area contributed by atoms with Crippen molar-refractivity contribution in [2.24, 2.45) is 7.05 Å². The lowest BCUT2D eigenvalue weighted by Crippen LogP contribution is -2.33. The highest BCUT2D eigenvalue weighted by Gasteiger charge is 2.25. The monoisotopic (exact) mass is 473 g/mol. The van der Waals surface area contributed by atoms with Crippen LogP contribution < -0.4 is 4.74 Å². The quantitative estimate of drug-likeness (QED) is 0.317. The molecule has 0 fully saturated rings. The van der Waals surface area contributed by atoms with Crippen molar-refractivity contribution in [3.8, 4) is 22.9 Å². The van der Waals surface area contributed by atoms with Gasteiger partial charge in [0.05, 0.1) is 18.7 Å². The first-order valence-electron chi connectivity index (χ1n) is 11.4. The van der Waals surface area contributed by atoms with Gasteiger partial charge in [0.2, 0.25) is 5.88 Å². The van der Waals surface area contributed by atoms with Crippen molar-refractivity contribution >= 4 is 5.91 Å². The molecule has 0 aliphatic rings. The van der Waals surface area contributed by atoms with Crippen molar-refractivity contribution in [3.05, 3.63) is 101 Å². The number of methoxy groups -OCH3 is 1. The number of hydrogen-bond donors (Lipinski definition) is 0. The number of aromatic nitrogens is 2. The average molecular weight is 474 g/mol. The lowest BCUT2D eigenvalue weighted by molar-refractivity contribution is 0.0679. The maximum atomic E-state index is 13.5. The first kappa shape index (κ1) is 24.2. The molecule has 0 aliphatic heterocycles. The van der Waals surface area contributed by atoms with Crippen LogP contribution >= 0.6 is 0 Å². The maximum absolute atomic E-state index is 13.5. The second-order valence-corrected chi connectivity index (χ2v) is 8.27. The summed E-state index contributed by atoms with van der Waals surface area (Å²) in [6.45, 7) is 2.93. The van der Waals surface area contributed by atoms with E-state index in [9.17, 15) is 9.18 Å². The zero-order valence-corrected chi connectivity index (χ0v) is 20.1. The third kappa shape index (κ3) is 5.75. The van der Waals surface area contributed by atoms with E-state index < -0.39 is 5.82 Å². The Morgan fingerprint density at radius 1 is 1.03 bits per heavy atom. The second-order valence-electron chi connectivity index (χ2n) is 8.27. The number of carbonyl (C=O) groups is 1. The van der Waals surface area contributed by atoms with Crippen molar-refractivity contribution < 1.29 is 18.7 Å². The van der Waals surface area contributed by atoms with E-state index in [1.807, 2.05) is 68.6 Å². The van der Waals surface area contributed by atoms with E-state index in [0.29, 0.717) is 30.3 Å². The molecule has 0 saturated carbocycles. The predicted molar refractivity (Wildman–Crippen MR) is 133 cm³/mol. The van der Waals surface area contributed by atoms with Gasteiger partial charge in [-0.2, -0.15) is 5.10 Å². The number of hydrogen-bond acceptors (Lipinski definition) is 4. The molecule has 0 unspecified atom stereocenters. The molecule has 6 nitrogen and oxygen atoms in total. The van der Waals surface area contributed by atoms with Crippen molar-refractivity contribution in [2.75, 3.05) is 20.3 Å². The minimum atomic E-state index is -0.391. The van der Waals surface area contributed by atoms with Crippen molar-refractivity contribution in [1.82, 2.24) is 14.7 Å². The van der Waals surface area contributed by atoms with E-state index in [0.717, 1.165) is 22.4 Å².